The Morgan fingerprint density at radius 3 is 2.50 bits per heavy atom. The monoisotopic (exact) mass is 229 g/mol. The van der Waals surface area contributed by atoms with E-state index in [0.29, 0.717) is 0 Å². The van der Waals surface area contributed by atoms with Gasteiger partial charge < -0.3 is 0 Å². The Kier molecular flexibility index (Phi) is 7.37. The molecule has 0 amide bonds. The highest BCUT2D eigenvalue weighted by Crippen LogP contribution is 2.24. The zero-order valence-corrected chi connectivity index (χ0v) is 11.0. The number of aryl methyl sites for hydroxylation is 1. The molecule has 0 radical (unpaired) electrons. The predicted molar refractivity (Wildman–Crippen MR) is 67.9 cm³/mol. The van der Waals surface area contributed by atoms with Crippen molar-refractivity contribution in [2.45, 2.75) is 58.3 Å². The van der Waals surface area contributed by atoms with Crippen molar-refractivity contribution in [3.63, 3.8) is 0 Å². The van der Waals surface area contributed by atoms with Crippen molar-refractivity contribution in [2.24, 2.45) is 0 Å². The van der Waals surface area contributed by atoms with E-state index in [2.05, 4.69) is 17.9 Å². The van der Waals surface area contributed by atoms with Crippen molar-refractivity contribution in [1.29, 1.82) is 0 Å². The van der Waals surface area contributed by atoms with Crippen molar-refractivity contribution >= 4 is 15.9 Å². The third kappa shape index (κ3) is 5.78. The topological polar surface area (TPSA) is 12.9 Å². The van der Waals surface area contributed by atoms with E-state index < -0.39 is 0 Å². The standard InChI is InChI=1S/C11H21NP2/c1-2-3-4-5-6-7-8-9-11-10-12-14-13-11/h10,14H,2-9H2,1H3. The second-order valence-corrected chi connectivity index (χ2v) is 6.36. The first kappa shape index (κ1) is 12.2. The van der Waals surface area contributed by atoms with E-state index in [1.165, 1.54) is 59.2 Å². The van der Waals surface area contributed by atoms with Gasteiger partial charge in [0.05, 0.1) is 0 Å². The molecule has 0 saturated carbocycles. The Morgan fingerprint density at radius 2 is 1.86 bits per heavy atom. The molecule has 1 aromatic heterocycles. The quantitative estimate of drug-likeness (QED) is 0.572. The molecule has 1 nitrogen and oxygen atoms in total. The molecule has 0 spiro atoms. The summed E-state index contributed by atoms with van der Waals surface area (Å²) in [4.78, 5) is 0. The van der Waals surface area contributed by atoms with Crippen LogP contribution in [0.2, 0.25) is 0 Å². The van der Waals surface area contributed by atoms with Crippen LogP contribution in [-0.2, 0) is 6.42 Å². The Labute approximate surface area is 90.9 Å². The molecule has 1 heterocycles. The summed E-state index contributed by atoms with van der Waals surface area (Å²) in [5.74, 6) is 0. The molecule has 0 aliphatic carbocycles. The van der Waals surface area contributed by atoms with Gasteiger partial charge in [-0.1, -0.05) is 45.4 Å². The molecule has 0 aliphatic heterocycles. The molecule has 0 fully saturated rings. The van der Waals surface area contributed by atoms with Crippen LogP contribution < -0.4 is 0 Å². The largest absolute Gasteiger partial charge is 0.244 e. The number of rotatable bonds is 8. The zero-order valence-electron chi connectivity index (χ0n) is 9.13. The summed E-state index contributed by atoms with van der Waals surface area (Å²) in [6.45, 7) is 2.27. The second kappa shape index (κ2) is 8.45. The van der Waals surface area contributed by atoms with E-state index in [1.54, 1.807) is 5.30 Å². The van der Waals surface area contributed by atoms with Gasteiger partial charge in [-0.2, -0.15) is 0 Å². The maximum absolute atomic E-state index is 4.26. The van der Waals surface area contributed by atoms with Gasteiger partial charge in [0, 0.05) is 11.5 Å². The fourth-order valence-corrected chi connectivity index (χ4v) is 3.74. The van der Waals surface area contributed by atoms with E-state index in [4.69, 9.17) is 0 Å². The maximum atomic E-state index is 4.26. The fourth-order valence-electron chi connectivity index (χ4n) is 1.61. The average Bonchev–Trinajstić information content (AvgIpc) is 2.69. The minimum atomic E-state index is 0.806. The maximum Gasteiger partial charge on any atom is 0.0391 e. The molecule has 1 atom stereocenters. The van der Waals surface area contributed by atoms with Gasteiger partial charge in [0.15, 0.2) is 0 Å². The molecule has 1 aromatic rings. The summed E-state index contributed by atoms with van der Waals surface area (Å²) < 4.78 is 4.26. The molecule has 0 aromatic carbocycles. The molecule has 1 rings (SSSR count). The van der Waals surface area contributed by atoms with Gasteiger partial charge in [-0.25, -0.2) is 4.75 Å². The lowest BCUT2D eigenvalue weighted by Gasteiger charge is -1.99. The summed E-state index contributed by atoms with van der Waals surface area (Å²) in [7, 11) is 2.29. The van der Waals surface area contributed by atoms with Crippen LogP contribution in [0.5, 0.6) is 0 Å². The van der Waals surface area contributed by atoms with Crippen molar-refractivity contribution in [3.8, 4) is 0 Å². The molecule has 1 unspecified atom stereocenters. The van der Waals surface area contributed by atoms with Gasteiger partial charge >= 0.3 is 0 Å². The number of nitrogens with zero attached hydrogens (tertiary/aromatic N) is 1. The lowest BCUT2D eigenvalue weighted by Crippen LogP contribution is -1.82. The molecule has 80 valence electrons. The fraction of sp³-hybridized carbons (Fsp3) is 0.818. The molecule has 0 aliphatic rings. The van der Waals surface area contributed by atoms with Crippen LogP contribution in [0.3, 0.4) is 0 Å². The van der Waals surface area contributed by atoms with Crippen molar-refractivity contribution in [2.75, 3.05) is 0 Å². The third-order valence-corrected chi connectivity index (χ3v) is 4.98. The van der Waals surface area contributed by atoms with Gasteiger partial charge in [-0.15, -0.1) is 0 Å². The van der Waals surface area contributed by atoms with E-state index in [-0.39, 0.29) is 0 Å². The first-order chi connectivity index (χ1) is 6.93. The van der Waals surface area contributed by atoms with E-state index in [0.717, 1.165) is 8.03 Å². The third-order valence-electron chi connectivity index (χ3n) is 2.50. The highest BCUT2D eigenvalue weighted by molar-refractivity contribution is 7.88. The van der Waals surface area contributed by atoms with E-state index in [1.807, 2.05) is 0 Å². The lowest BCUT2D eigenvalue weighted by atomic mass is 10.1. The summed E-state index contributed by atoms with van der Waals surface area (Å²) in [5, 5.41) is 1.57. The summed E-state index contributed by atoms with van der Waals surface area (Å²) in [5.41, 5.74) is 0. The number of unbranched alkanes of at least 4 members (excludes halogenated alkanes) is 6. The van der Waals surface area contributed by atoms with Gasteiger partial charge in [0.25, 0.3) is 0 Å². The predicted octanol–water partition coefficient (Wildman–Crippen LogP) is 4.99. The normalized spacial score (nSPS) is 11.8. The van der Waals surface area contributed by atoms with Gasteiger partial charge in [0.1, 0.15) is 0 Å². The molecular weight excluding hydrogens is 208 g/mol. The highest BCUT2D eigenvalue weighted by Gasteiger charge is 1.94. The highest BCUT2D eigenvalue weighted by atomic mass is 31.8. The van der Waals surface area contributed by atoms with Crippen molar-refractivity contribution in [3.05, 3.63) is 11.5 Å². The van der Waals surface area contributed by atoms with Gasteiger partial charge in [-0.05, 0) is 28.7 Å². The van der Waals surface area contributed by atoms with Gasteiger partial charge in [0.2, 0.25) is 0 Å². The minimum absolute atomic E-state index is 0.806. The van der Waals surface area contributed by atoms with Crippen LogP contribution in [0, 0.1) is 0 Å². The summed E-state index contributed by atoms with van der Waals surface area (Å²) >= 11 is 0. The Bertz CT molecular complexity index is 209. The Morgan fingerprint density at radius 1 is 1.14 bits per heavy atom. The number of hydrogen-bond acceptors (Lipinski definition) is 1. The van der Waals surface area contributed by atoms with Crippen LogP contribution in [0.15, 0.2) is 6.20 Å². The lowest BCUT2D eigenvalue weighted by molar-refractivity contribution is 0.590. The SMILES string of the molecule is CCCCCCCCCc1cn[pH]p1. The Balaban J connectivity index is 1.85. The van der Waals surface area contributed by atoms with E-state index in [9.17, 15) is 0 Å². The second-order valence-electron chi connectivity index (χ2n) is 3.83. The first-order valence-electron chi connectivity index (χ1n) is 5.78. The molecule has 14 heavy (non-hydrogen) atoms. The van der Waals surface area contributed by atoms with Crippen molar-refractivity contribution in [1.82, 2.24) is 4.75 Å². The smallest absolute Gasteiger partial charge is 0.0391 e. The molecule has 3 heteroatoms. The van der Waals surface area contributed by atoms with Crippen LogP contribution >= 0.6 is 15.9 Å². The molecular formula is C11H21NP2. The minimum Gasteiger partial charge on any atom is -0.244 e. The van der Waals surface area contributed by atoms with Crippen LogP contribution in [0.1, 0.15) is 57.2 Å². The Hall–Kier alpha value is 0.140. The molecule has 0 bridgehead atoms. The first-order valence-corrected chi connectivity index (χ1v) is 8.46. The zero-order chi connectivity index (χ0) is 10.1. The molecule has 0 saturated heterocycles. The molecule has 0 N–H and O–H groups in total. The summed E-state index contributed by atoms with van der Waals surface area (Å²) in [6.07, 6.45) is 13.3. The average molecular weight is 229 g/mol. The van der Waals surface area contributed by atoms with Crippen molar-refractivity contribution < 1.29 is 0 Å². The van der Waals surface area contributed by atoms with E-state index >= 15 is 0 Å². The van der Waals surface area contributed by atoms with Crippen LogP contribution in [-0.4, -0.2) is 4.75 Å². The summed E-state index contributed by atoms with van der Waals surface area (Å²) in [6, 6.07) is 0. The number of hydrogen-bond donors (Lipinski definition) is 0. The number of aromatic nitrogens is 1. The van der Waals surface area contributed by atoms with Crippen LogP contribution in [0.25, 0.3) is 0 Å². The van der Waals surface area contributed by atoms with Gasteiger partial charge in [-0.3, -0.25) is 0 Å². The van der Waals surface area contributed by atoms with Crippen LogP contribution in [0.4, 0.5) is 0 Å².